The molecular weight excluding hydrogens is 308 g/mol. The van der Waals surface area contributed by atoms with Crippen molar-refractivity contribution in [3.8, 4) is 5.69 Å². The standard InChI is InChI=1S/C14H13BrN2O2/c15-10-4-1-2-5-11(10)17-9-6-12(16-17)14(13(18)19)7-3-8-14/h1-2,4-6,9H,3,7-8H2,(H,18,19). The van der Waals surface area contributed by atoms with Crippen molar-refractivity contribution in [2.45, 2.75) is 24.7 Å². The zero-order valence-corrected chi connectivity index (χ0v) is 11.8. The minimum atomic E-state index is -0.771. The van der Waals surface area contributed by atoms with Gasteiger partial charge in [-0.3, -0.25) is 4.79 Å². The molecule has 0 aliphatic heterocycles. The van der Waals surface area contributed by atoms with Crippen LogP contribution in [0.25, 0.3) is 5.69 Å². The third-order valence-electron chi connectivity index (χ3n) is 3.80. The summed E-state index contributed by atoms with van der Waals surface area (Å²) in [7, 11) is 0. The Labute approximate surface area is 119 Å². The van der Waals surface area contributed by atoms with Gasteiger partial charge in [0.15, 0.2) is 0 Å². The lowest BCUT2D eigenvalue weighted by Gasteiger charge is -2.35. The van der Waals surface area contributed by atoms with Crippen LogP contribution in [-0.4, -0.2) is 20.9 Å². The molecule has 0 atom stereocenters. The van der Waals surface area contributed by atoms with E-state index in [0.29, 0.717) is 18.5 Å². The summed E-state index contributed by atoms with van der Waals surface area (Å²) in [5.74, 6) is -0.767. The van der Waals surface area contributed by atoms with Crippen LogP contribution in [0.3, 0.4) is 0 Å². The highest BCUT2D eigenvalue weighted by Gasteiger charge is 2.47. The average molecular weight is 321 g/mol. The Morgan fingerprint density at radius 2 is 2.05 bits per heavy atom. The molecule has 1 aliphatic carbocycles. The normalized spacial score (nSPS) is 16.9. The summed E-state index contributed by atoms with van der Waals surface area (Å²) in [5.41, 5.74) is 0.794. The Morgan fingerprint density at radius 3 is 2.63 bits per heavy atom. The monoisotopic (exact) mass is 320 g/mol. The summed E-state index contributed by atoms with van der Waals surface area (Å²) >= 11 is 3.48. The van der Waals surface area contributed by atoms with E-state index in [0.717, 1.165) is 16.6 Å². The molecule has 2 aromatic rings. The van der Waals surface area contributed by atoms with Crippen molar-refractivity contribution in [3.63, 3.8) is 0 Å². The molecule has 1 heterocycles. The van der Waals surface area contributed by atoms with Crippen LogP contribution in [-0.2, 0) is 10.2 Å². The Morgan fingerprint density at radius 1 is 1.32 bits per heavy atom. The fourth-order valence-corrected chi connectivity index (χ4v) is 2.93. The summed E-state index contributed by atoms with van der Waals surface area (Å²) in [6.45, 7) is 0. The third-order valence-corrected chi connectivity index (χ3v) is 4.47. The molecule has 0 saturated heterocycles. The molecule has 0 bridgehead atoms. The first-order valence-electron chi connectivity index (χ1n) is 6.18. The highest BCUT2D eigenvalue weighted by atomic mass is 79.9. The molecular formula is C14H13BrN2O2. The predicted octanol–water partition coefficient (Wildman–Crippen LogP) is 3.14. The fourth-order valence-electron chi connectivity index (χ4n) is 2.46. The third kappa shape index (κ3) is 1.89. The Balaban J connectivity index is 2.01. The van der Waals surface area contributed by atoms with Gasteiger partial charge >= 0.3 is 5.97 Å². The number of benzene rings is 1. The zero-order chi connectivity index (χ0) is 13.5. The maximum atomic E-state index is 11.5. The first-order chi connectivity index (χ1) is 9.13. The lowest BCUT2D eigenvalue weighted by Crippen LogP contribution is -2.42. The van der Waals surface area contributed by atoms with E-state index in [1.54, 1.807) is 4.68 Å². The SMILES string of the molecule is O=C(O)C1(c2ccn(-c3ccccc3Br)n2)CCC1. The van der Waals surface area contributed by atoms with E-state index in [4.69, 9.17) is 0 Å². The van der Waals surface area contributed by atoms with Gasteiger partial charge in [-0.2, -0.15) is 5.10 Å². The molecule has 19 heavy (non-hydrogen) atoms. The zero-order valence-electron chi connectivity index (χ0n) is 10.2. The topological polar surface area (TPSA) is 55.1 Å². The maximum absolute atomic E-state index is 11.5. The van der Waals surface area contributed by atoms with Crippen LogP contribution in [0.15, 0.2) is 41.0 Å². The van der Waals surface area contributed by atoms with Crippen molar-refractivity contribution in [2.75, 3.05) is 0 Å². The summed E-state index contributed by atoms with van der Waals surface area (Å²) < 4.78 is 2.66. The summed E-state index contributed by atoms with van der Waals surface area (Å²) in [6.07, 6.45) is 4.12. The van der Waals surface area contributed by atoms with Crippen LogP contribution in [0.1, 0.15) is 25.0 Å². The van der Waals surface area contributed by atoms with Crippen molar-refractivity contribution in [1.29, 1.82) is 0 Å². The van der Waals surface area contributed by atoms with Gasteiger partial charge in [0.25, 0.3) is 0 Å². The second kappa shape index (κ2) is 4.49. The summed E-state index contributed by atoms with van der Waals surface area (Å²) in [5, 5.41) is 13.9. The van der Waals surface area contributed by atoms with Crippen LogP contribution in [0.5, 0.6) is 0 Å². The first kappa shape index (κ1) is 12.4. The number of carboxylic acid groups (broad SMARTS) is 1. The van der Waals surface area contributed by atoms with Crippen LogP contribution in [0, 0.1) is 0 Å². The number of para-hydroxylation sites is 1. The highest BCUT2D eigenvalue weighted by Crippen LogP contribution is 2.43. The van der Waals surface area contributed by atoms with Crippen LogP contribution in [0.4, 0.5) is 0 Å². The van der Waals surface area contributed by atoms with Crippen molar-refractivity contribution in [1.82, 2.24) is 9.78 Å². The second-order valence-corrected chi connectivity index (χ2v) is 5.69. The van der Waals surface area contributed by atoms with Gasteiger partial charge in [0, 0.05) is 10.7 Å². The molecule has 5 heteroatoms. The number of hydrogen-bond acceptors (Lipinski definition) is 2. The smallest absolute Gasteiger partial charge is 0.315 e. The van der Waals surface area contributed by atoms with Gasteiger partial charge in [0.1, 0.15) is 5.41 Å². The molecule has 1 fully saturated rings. The van der Waals surface area contributed by atoms with E-state index in [1.807, 2.05) is 36.5 Å². The molecule has 3 rings (SSSR count). The quantitative estimate of drug-likeness (QED) is 0.945. The number of rotatable bonds is 3. The predicted molar refractivity (Wildman–Crippen MR) is 74.4 cm³/mol. The van der Waals surface area contributed by atoms with E-state index >= 15 is 0 Å². The molecule has 0 radical (unpaired) electrons. The van der Waals surface area contributed by atoms with Crippen molar-refractivity contribution in [3.05, 3.63) is 46.7 Å². The molecule has 1 aliphatic rings. The van der Waals surface area contributed by atoms with Gasteiger partial charge in [-0.25, -0.2) is 4.68 Å². The first-order valence-corrected chi connectivity index (χ1v) is 6.97. The molecule has 4 nitrogen and oxygen atoms in total. The molecule has 1 aromatic carbocycles. The highest BCUT2D eigenvalue weighted by molar-refractivity contribution is 9.10. The van der Waals surface area contributed by atoms with E-state index in [2.05, 4.69) is 21.0 Å². The number of carbonyl (C=O) groups is 1. The Bertz CT molecular complexity index is 632. The van der Waals surface area contributed by atoms with Gasteiger partial charge in [-0.1, -0.05) is 18.6 Å². The molecule has 1 N–H and O–H groups in total. The minimum absolute atomic E-state index is 0.655. The molecule has 1 aromatic heterocycles. The molecule has 98 valence electrons. The number of aromatic nitrogens is 2. The number of nitrogens with zero attached hydrogens (tertiary/aromatic N) is 2. The van der Waals surface area contributed by atoms with Crippen LogP contribution in [0.2, 0.25) is 0 Å². The number of hydrogen-bond donors (Lipinski definition) is 1. The van der Waals surface area contributed by atoms with Gasteiger partial charge < -0.3 is 5.11 Å². The Hall–Kier alpha value is -1.62. The molecule has 0 spiro atoms. The largest absolute Gasteiger partial charge is 0.481 e. The maximum Gasteiger partial charge on any atom is 0.315 e. The molecule has 1 saturated carbocycles. The number of halogens is 1. The van der Waals surface area contributed by atoms with Crippen LogP contribution >= 0.6 is 15.9 Å². The lowest BCUT2D eigenvalue weighted by atomic mass is 9.67. The minimum Gasteiger partial charge on any atom is -0.481 e. The van der Waals surface area contributed by atoms with Gasteiger partial charge in [0.2, 0.25) is 0 Å². The Kier molecular flexibility index (Phi) is 2.93. The average Bonchev–Trinajstić information content (AvgIpc) is 2.77. The molecule has 0 amide bonds. The van der Waals surface area contributed by atoms with Gasteiger partial charge in [0.05, 0.1) is 11.4 Å². The number of carboxylic acids is 1. The fraction of sp³-hybridized carbons (Fsp3) is 0.286. The number of aliphatic carboxylic acids is 1. The summed E-state index contributed by atoms with van der Waals surface area (Å²) in [6, 6.07) is 9.55. The lowest BCUT2D eigenvalue weighted by molar-refractivity contribution is -0.147. The molecule has 0 unspecified atom stereocenters. The second-order valence-electron chi connectivity index (χ2n) is 4.84. The van der Waals surface area contributed by atoms with E-state index in [9.17, 15) is 9.90 Å². The van der Waals surface area contributed by atoms with Gasteiger partial charge in [-0.15, -0.1) is 0 Å². The van der Waals surface area contributed by atoms with Crippen molar-refractivity contribution < 1.29 is 9.90 Å². The van der Waals surface area contributed by atoms with Crippen molar-refractivity contribution >= 4 is 21.9 Å². The van der Waals surface area contributed by atoms with Gasteiger partial charge in [-0.05, 0) is 47.0 Å². The van der Waals surface area contributed by atoms with E-state index in [1.165, 1.54) is 0 Å². The van der Waals surface area contributed by atoms with Crippen LogP contribution < -0.4 is 0 Å². The van der Waals surface area contributed by atoms with Crippen molar-refractivity contribution in [2.24, 2.45) is 0 Å². The van der Waals surface area contributed by atoms with E-state index < -0.39 is 11.4 Å². The van der Waals surface area contributed by atoms with E-state index in [-0.39, 0.29) is 0 Å². The summed E-state index contributed by atoms with van der Waals surface area (Å²) in [4.78, 5) is 11.5.